The molecule has 1 aliphatic carbocycles. The predicted molar refractivity (Wildman–Crippen MR) is 76.5 cm³/mol. The lowest BCUT2D eigenvalue weighted by molar-refractivity contribution is -0.385. The van der Waals surface area contributed by atoms with Crippen molar-refractivity contribution in [3.05, 3.63) is 38.3 Å². The van der Waals surface area contributed by atoms with Crippen molar-refractivity contribution < 1.29 is 14.8 Å². The van der Waals surface area contributed by atoms with Crippen molar-refractivity contribution in [2.75, 3.05) is 13.6 Å². The van der Waals surface area contributed by atoms with Gasteiger partial charge in [0.05, 0.1) is 15.5 Å². The number of nitro benzene ring substituents is 1. The molecule has 7 heteroatoms. The van der Waals surface area contributed by atoms with Gasteiger partial charge < -0.3 is 10.0 Å². The number of hydrogen-bond acceptors (Lipinski definition) is 4. The van der Waals surface area contributed by atoms with Crippen LogP contribution in [0.5, 0.6) is 0 Å². The number of amides is 1. The molecule has 1 amide bonds. The number of aliphatic hydroxyl groups is 1. The largest absolute Gasteiger partial charge is 0.393 e. The zero-order valence-electron chi connectivity index (χ0n) is 11.0. The van der Waals surface area contributed by atoms with Crippen LogP contribution in [0.2, 0.25) is 0 Å². The Morgan fingerprint density at radius 2 is 2.20 bits per heavy atom. The van der Waals surface area contributed by atoms with E-state index in [1.165, 1.54) is 12.1 Å². The summed E-state index contributed by atoms with van der Waals surface area (Å²) in [4.78, 5) is 24.1. The van der Waals surface area contributed by atoms with Gasteiger partial charge in [-0.05, 0) is 46.8 Å². The first-order valence-corrected chi connectivity index (χ1v) is 7.05. The van der Waals surface area contributed by atoms with Crippen LogP contribution in [-0.2, 0) is 0 Å². The average molecular weight is 343 g/mol. The van der Waals surface area contributed by atoms with E-state index >= 15 is 0 Å². The van der Waals surface area contributed by atoms with Gasteiger partial charge in [-0.2, -0.15) is 0 Å². The van der Waals surface area contributed by atoms with Crippen LogP contribution in [0.4, 0.5) is 5.69 Å². The van der Waals surface area contributed by atoms with Gasteiger partial charge in [0, 0.05) is 25.2 Å². The standard InChI is InChI=1S/C13H15BrN2O4/c1-15(7-8-4-10(17)5-8)13(18)9-2-3-11(14)12(6-9)16(19)20/h2-3,6,8,10,17H,4-5,7H2,1H3. The summed E-state index contributed by atoms with van der Waals surface area (Å²) in [6.45, 7) is 0.555. The summed E-state index contributed by atoms with van der Waals surface area (Å²) in [5.41, 5.74) is 0.172. The number of carbonyl (C=O) groups is 1. The second-order valence-corrected chi connectivity index (χ2v) is 5.95. The van der Waals surface area contributed by atoms with Crippen LogP contribution in [0.25, 0.3) is 0 Å². The van der Waals surface area contributed by atoms with E-state index in [2.05, 4.69) is 15.9 Å². The molecule has 2 rings (SSSR count). The second kappa shape index (κ2) is 5.88. The highest BCUT2D eigenvalue weighted by atomic mass is 79.9. The van der Waals surface area contributed by atoms with Gasteiger partial charge in [-0.25, -0.2) is 0 Å². The Balaban J connectivity index is 2.08. The fraction of sp³-hybridized carbons (Fsp3) is 0.462. The number of hydrogen-bond donors (Lipinski definition) is 1. The fourth-order valence-electron chi connectivity index (χ4n) is 2.33. The van der Waals surface area contributed by atoms with Crippen LogP contribution in [0.1, 0.15) is 23.2 Å². The van der Waals surface area contributed by atoms with Crippen molar-refractivity contribution in [3.8, 4) is 0 Å². The van der Waals surface area contributed by atoms with Crippen LogP contribution in [0.3, 0.4) is 0 Å². The van der Waals surface area contributed by atoms with Gasteiger partial charge in [0.1, 0.15) is 0 Å². The van der Waals surface area contributed by atoms with Gasteiger partial charge in [0.15, 0.2) is 0 Å². The van der Waals surface area contributed by atoms with Gasteiger partial charge in [-0.15, -0.1) is 0 Å². The highest BCUT2D eigenvalue weighted by molar-refractivity contribution is 9.10. The molecule has 1 fully saturated rings. The van der Waals surface area contributed by atoms with Crippen molar-refractivity contribution in [2.24, 2.45) is 5.92 Å². The van der Waals surface area contributed by atoms with Crippen LogP contribution in [0.15, 0.2) is 22.7 Å². The smallest absolute Gasteiger partial charge is 0.284 e. The summed E-state index contributed by atoms with van der Waals surface area (Å²) < 4.78 is 0.351. The molecule has 6 nitrogen and oxygen atoms in total. The van der Waals surface area contributed by atoms with Gasteiger partial charge >= 0.3 is 0 Å². The zero-order valence-corrected chi connectivity index (χ0v) is 12.5. The molecule has 0 bridgehead atoms. The predicted octanol–water partition coefficient (Wildman–Crippen LogP) is 2.20. The second-order valence-electron chi connectivity index (χ2n) is 5.10. The zero-order chi connectivity index (χ0) is 14.9. The quantitative estimate of drug-likeness (QED) is 0.671. The Bertz CT molecular complexity index is 543. The van der Waals surface area contributed by atoms with Crippen molar-refractivity contribution in [3.63, 3.8) is 0 Å². The van der Waals surface area contributed by atoms with Crippen molar-refractivity contribution >= 4 is 27.5 Å². The number of nitrogens with zero attached hydrogens (tertiary/aromatic N) is 2. The SMILES string of the molecule is CN(CC1CC(O)C1)C(=O)c1ccc(Br)c([N+](=O)[O-])c1. The Morgan fingerprint density at radius 1 is 1.55 bits per heavy atom. The van der Waals surface area contributed by atoms with Crippen molar-refractivity contribution in [1.29, 1.82) is 0 Å². The maximum absolute atomic E-state index is 12.2. The number of carbonyl (C=O) groups excluding carboxylic acids is 1. The molecular formula is C13H15BrN2O4. The van der Waals surface area contributed by atoms with E-state index in [1.54, 1.807) is 18.0 Å². The van der Waals surface area contributed by atoms with Crippen LogP contribution >= 0.6 is 15.9 Å². The molecule has 1 aromatic carbocycles. The van der Waals surface area contributed by atoms with Crippen LogP contribution in [-0.4, -0.2) is 40.5 Å². The molecule has 1 aromatic rings. The molecule has 1 aliphatic rings. The number of halogens is 1. The summed E-state index contributed by atoms with van der Waals surface area (Å²) in [5, 5.41) is 20.1. The van der Waals surface area contributed by atoms with E-state index < -0.39 is 4.92 Å². The third kappa shape index (κ3) is 3.16. The minimum atomic E-state index is -0.525. The maximum atomic E-state index is 12.2. The summed E-state index contributed by atoms with van der Waals surface area (Å²) in [6.07, 6.45) is 1.16. The van der Waals surface area contributed by atoms with Gasteiger partial charge in [0.2, 0.25) is 0 Å². The van der Waals surface area contributed by atoms with Gasteiger partial charge in [-0.3, -0.25) is 14.9 Å². The third-order valence-electron chi connectivity index (χ3n) is 3.48. The highest BCUT2D eigenvalue weighted by Gasteiger charge is 2.29. The lowest BCUT2D eigenvalue weighted by Gasteiger charge is -2.34. The van der Waals surface area contributed by atoms with E-state index in [0.717, 1.165) is 0 Å². The van der Waals surface area contributed by atoms with Gasteiger partial charge in [-0.1, -0.05) is 0 Å². The molecule has 0 aliphatic heterocycles. The molecule has 0 aromatic heterocycles. The molecule has 0 spiro atoms. The number of rotatable bonds is 4. The van der Waals surface area contributed by atoms with Crippen LogP contribution in [0, 0.1) is 16.0 Å². The Morgan fingerprint density at radius 3 is 2.75 bits per heavy atom. The molecule has 1 N–H and O–H groups in total. The van der Waals surface area contributed by atoms with E-state index in [4.69, 9.17) is 0 Å². The third-order valence-corrected chi connectivity index (χ3v) is 4.15. The van der Waals surface area contributed by atoms with Gasteiger partial charge in [0.25, 0.3) is 11.6 Å². The van der Waals surface area contributed by atoms with Crippen molar-refractivity contribution in [1.82, 2.24) is 4.90 Å². The summed E-state index contributed by atoms with van der Waals surface area (Å²) in [5.74, 6) is 0.0615. The molecule has 1 saturated carbocycles. The Hall–Kier alpha value is -1.47. The van der Waals surface area contributed by atoms with Crippen LogP contribution < -0.4 is 0 Å². The Labute approximate surface area is 124 Å². The number of aliphatic hydroxyl groups excluding tert-OH is 1. The van der Waals surface area contributed by atoms with E-state index in [1.807, 2.05) is 0 Å². The first-order chi connectivity index (χ1) is 9.38. The minimum absolute atomic E-state index is 0.122. The number of nitro groups is 1. The highest BCUT2D eigenvalue weighted by Crippen LogP contribution is 2.29. The fourth-order valence-corrected chi connectivity index (χ4v) is 2.72. The monoisotopic (exact) mass is 342 g/mol. The Kier molecular flexibility index (Phi) is 4.39. The molecule has 108 valence electrons. The summed E-state index contributed by atoms with van der Waals surface area (Å²) >= 11 is 3.09. The van der Waals surface area contributed by atoms with Crippen molar-refractivity contribution in [2.45, 2.75) is 18.9 Å². The summed E-state index contributed by atoms with van der Waals surface area (Å²) in [7, 11) is 1.67. The first-order valence-electron chi connectivity index (χ1n) is 6.26. The van der Waals surface area contributed by atoms with E-state index in [0.29, 0.717) is 35.3 Å². The van der Waals surface area contributed by atoms with E-state index in [-0.39, 0.29) is 17.7 Å². The average Bonchev–Trinajstić information content (AvgIpc) is 2.36. The molecule has 0 saturated heterocycles. The lowest BCUT2D eigenvalue weighted by Crippen LogP contribution is -2.39. The van der Waals surface area contributed by atoms with E-state index in [9.17, 15) is 20.0 Å². The lowest BCUT2D eigenvalue weighted by atomic mass is 9.82. The molecular weight excluding hydrogens is 328 g/mol. The normalized spacial score (nSPS) is 21.1. The molecule has 0 atom stereocenters. The molecule has 0 radical (unpaired) electrons. The number of benzene rings is 1. The molecule has 0 heterocycles. The topological polar surface area (TPSA) is 83.7 Å². The first kappa shape index (κ1) is 14.9. The minimum Gasteiger partial charge on any atom is -0.393 e. The summed E-state index contributed by atoms with van der Waals surface area (Å²) in [6, 6.07) is 4.34. The molecule has 20 heavy (non-hydrogen) atoms. The molecule has 0 unspecified atom stereocenters. The maximum Gasteiger partial charge on any atom is 0.284 e.